The summed E-state index contributed by atoms with van der Waals surface area (Å²) >= 11 is 13.7. The average Bonchev–Trinajstić information content (AvgIpc) is 2.29. The van der Waals surface area contributed by atoms with E-state index >= 15 is 0 Å². The Labute approximate surface area is 103 Å². The molecule has 1 unspecified atom stereocenters. The van der Waals surface area contributed by atoms with Crippen LogP contribution in [0.2, 0.25) is 0 Å². The van der Waals surface area contributed by atoms with Crippen molar-refractivity contribution in [2.45, 2.75) is 10.3 Å². The first kappa shape index (κ1) is 11.2. The topological polar surface area (TPSA) is 9.23 Å². The van der Waals surface area contributed by atoms with E-state index in [1.807, 2.05) is 18.4 Å². The lowest BCUT2D eigenvalue weighted by atomic mass is 10.0. The molecular weight excluding hydrogens is 251 g/mol. The Morgan fingerprint density at radius 2 is 2.33 bits per heavy atom. The standard InChI is InChI=1S/C11H10Cl2OS/c1-15-8-2-3-10-9(4-8)11(13)7(5-12)6-14-10/h2-5,11H,6H2,1H3. The summed E-state index contributed by atoms with van der Waals surface area (Å²) in [6.07, 6.45) is 2.03. The lowest BCUT2D eigenvalue weighted by Gasteiger charge is -2.24. The molecule has 1 aromatic rings. The summed E-state index contributed by atoms with van der Waals surface area (Å²) in [5.41, 5.74) is 3.41. The Kier molecular flexibility index (Phi) is 3.49. The number of hydrogen-bond donors (Lipinski definition) is 0. The van der Waals surface area contributed by atoms with Crippen molar-refractivity contribution in [1.29, 1.82) is 0 Å². The maximum atomic E-state index is 6.30. The molecule has 0 saturated heterocycles. The lowest BCUT2D eigenvalue weighted by molar-refractivity contribution is 0.330. The lowest BCUT2D eigenvalue weighted by Crippen LogP contribution is -2.14. The number of hydrogen-bond acceptors (Lipinski definition) is 2. The monoisotopic (exact) mass is 260 g/mol. The van der Waals surface area contributed by atoms with Crippen molar-refractivity contribution >= 4 is 35.0 Å². The molecule has 1 aliphatic heterocycles. The van der Waals surface area contributed by atoms with Crippen molar-refractivity contribution in [3.63, 3.8) is 0 Å². The van der Waals surface area contributed by atoms with Crippen molar-refractivity contribution < 1.29 is 4.74 Å². The number of alkyl halides is 1. The van der Waals surface area contributed by atoms with Crippen molar-refractivity contribution in [3.05, 3.63) is 34.9 Å². The van der Waals surface area contributed by atoms with Gasteiger partial charge >= 0.3 is 0 Å². The molecule has 0 fully saturated rings. The first-order chi connectivity index (χ1) is 7.26. The normalized spacial score (nSPS) is 22.3. The Balaban J connectivity index is 2.44. The van der Waals surface area contributed by atoms with Crippen LogP contribution in [0.25, 0.3) is 0 Å². The van der Waals surface area contributed by atoms with Crippen LogP contribution in [0, 0.1) is 0 Å². The van der Waals surface area contributed by atoms with Crippen LogP contribution in [-0.4, -0.2) is 12.9 Å². The summed E-state index contributed by atoms with van der Waals surface area (Å²) in [6, 6.07) is 6.04. The number of fused-ring (bicyclic) bond motifs is 1. The van der Waals surface area contributed by atoms with Crippen LogP contribution >= 0.6 is 35.0 Å². The zero-order valence-electron chi connectivity index (χ0n) is 8.17. The minimum atomic E-state index is -0.168. The maximum Gasteiger partial charge on any atom is 0.124 e. The summed E-state index contributed by atoms with van der Waals surface area (Å²) in [7, 11) is 0. The van der Waals surface area contributed by atoms with Gasteiger partial charge in [-0.1, -0.05) is 11.6 Å². The zero-order valence-corrected chi connectivity index (χ0v) is 10.5. The van der Waals surface area contributed by atoms with Crippen LogP contribution in [0.5, 0.6) is 5.75 Å². The van der Waals surface area contributed by atoms with Crippen LogP contribution in [0.4, 0.5) is 0 Å². The average molecular weight is 261 g/mol. The molecule has 15 heavy (non-hydrogen) atoms. The molecule has 1 atom stereocenters. The SMILES string of the molecule is CSc1ccc2c(c1)C(Cl)C(=CCl)CO2. The van der Waals surface area contributed by atoms with Crippen LogP contribution < -0.4 is 4.74 Å². The van der Waals surface area contributed by atoms with Gasteiger partial charge < -0.3 is 4.74 Å². The van der Waals surface area contributed by atoms with Crippen LogP contribution in [0.3, 0.4) is 0 Å². The van der Waals surface area contributed by atoms with Gasteiger partial charge in [-0.05, 0) is 24.5 Å². The van der Waals surface area contributed by atoms with Gasteiger partial charge in [0.05, 0.1) is 5.38 Å². The van der Waals surface area contributed by atoms with E-state index in [4.69, 9.17) is 27.9 Å². The molecule has 1 heterocycles. The number of ether oxygens (including phenoxy) is 1. The molecular formula is C11H10Cl2OS. The van der Waals surface area contributed by atoms with Crippen LogP contribution in [-0.2, 0) is 0 Å². The van der Waals surface area contributed by atoms with Crippen molar-refractivity contribution in [2.75, 3.05) is 12.9 Å². The van der Waals surface area contributed by atoms with Gasteiger partial charge in [0.25, 0.3) is 0 Å². The molecule has 1 aliphatic rings. The van der Waals surface area contributed by atoms with E-state index in [1.165, 1.54) is 10.4 Å². The number of halogens is 2. The van der Waals surface area contributed by atoms with Crippen molar-refractivity contribution in [1.82, 2.24) is 0 Å². The van der Waals surface area contributed by atoms with E-state index in [2.05, 4.69) is 6.07 Å². The summed E-state index contributed by atoms with van der Waals surface area (Å²) in [5, 5.41) is -0.168. The van der Waals surface area contributed by atoms with Gasteiger partial charge in [-0.2, -0.15) is 0 Å². The number of benzene rings is 1. The quantitative estimate of drug-likeness (QED) is 0.553. The van der Waals surface area contributed by atoms with E-state index in [0.717, 1.165) is 16.9 Å². The number of rotatable bonds is 1. The fourth-order valence-corrected chi connectivity index (χ4v) is 2.50. The molecule has 1 aromatic carbocycles. The third-order valence-corrected chi connectivity index (χ3v) is 3.87. The molecule has 0 spiro atoms. The molecule has 80 valence electrons. The molecule has 1 nitrogen and oxygen atoms in total. The second-order valence-corrected chi connectivity index (χ2v) is 4.77. The van der Waals surface area contributed by atoms with Crippen molar-refractivity contribution in [2.24, 2.45) is 0 Å². The molecule has 0 N–H and O–H groups in total. The largest absolute Gasteiger partial charge is 0.489 e. The van der Waals surface area contributed by atoms with Gasteiger partial charge in [-0.3, -0.25) is 0 Å². The Morgan fingerprint density at radius 1 is 1.53 bits per heavy atom. The highest BCUT2D eigenvalue weighted by atomic mass is 35.5. The maximum absolute atomic E-state index is 6.30. The molecule has 0 radical (unpaired) electrons. The molecule has 0 bridgehead atoms. The minimum Gasteiger partial charge on any atom is -0.489 e. The van der Waals surface area contributed by atoms with Gasteiger partial charge in [-0.25, -0.2) is 0 Å². The third-order valence-electron chi connectivity index (χ3n) is 2.35. The summed E-state index contributed by atoms with van der Waals surface area (Å²) in [4.78, 5) is 1.18. The van der Waals surface area contributed by atoms with E-state index in [-0.39, 0.29) is 5.38 Å². The van der Waals surface area contributed by atoms with Crippen LogP contribution in [0.1, 0.15) is 10.9 Å². The second-order valence-electron chi connectivity index (χ2n) is 3.24. The first-order valence-electron chi connectivity index (χ1n) is 4.50. The van der Waals surface area contributed by atoms with Gasteiger partial charge in [-0.15, -0.1) is 23.4 Å². The molecule has 4 heteroatoms. The zero-order chi connectivity index (χ0) is 10.8. The summed E-state index contributed by atoms with van der Waals surface area (Å²) in [5.74, 6) is 0.857. The Hall–Kier alpha value is -0.310. The van der Waals surface area contributed by atoms with Crippen LogP contribution in [0.15, 0.2) is 34.2 Å². The molecule has 2 rings (SSSR count). The smallest absolute Gasteiger partial charge is 0.124 e. The second kappa shape index (κ2) is 4.69. The predicted molar refractivity (Wildman–Crippen MR) is 66.2 cm³/mol. The summed E-state index contributed by atoms with van der Waals surface area (Å²) < 4.78 is 5.55. The fourth-order valence-electron chi connectivity index (χ4n) is 1.50. The molecule has 0 aromatic heterocycles. The Bertz CT molecular complexity index is 404. The highest BCUT2D eigenvalue weighted by Crippen LogP contribution is 2.41. The predicted octanol–water partition coefficient (Wildman–Crippen LogP) is 4.20. The minimum absolute atomic E-state index is 0.168. The van der Waals surface area contributed by atoms with Gasteiger partial charge in [0.1, 0.15) is 12.4 Å². The molecule has 0 aliphatic carbocycles. The van der Waals surface area contributed by atoms with Gasteiger partial charge in [0.2, 0.25) is 0 Å². The highest BCUT2D eigenvalue weighted by molar-refractivity contribution is 7.98. The fraction of sp³-hybridized carbons (Fsp3) is 0.273. The van der Waals surface area contributed by atoms with E-state index in [0.29, 0.717) is 6.61 Å². The highest BCUT2D eigenvalue weighted by Gasteiger charge is 2.23. The first-order valence-corrected chi connectivity index (χ1v) is 6.60. The van der Waals surface area contributed by atoms with E-state index in [1.54, 1.807) is 11.8 Å². The molecule has 0 amide bonds. The molecule has 0 saturated carbocycles. The summed E-state index contributed by atoms with van der Waals surface area (Å²) in [6.45, 7) is 0.475. The van der Waals surface area contributed by atoms with Crippen molar-refractivity contribution in [3.8, 4) is 5.75 Å². The van der Waals surface area contributed by atoms with E-state index < -0.39 is 0 Å². The van der Waals surface area contributed by atoms with Gasteiger partial charge in [0.15, 0.2) is 0 Å². The van der Waals surface area contributed by atoms with Gasteiger partial charge in [0, 0.05) is 21.6 Å². The Morgan fingerprint density at radius 3 is 3.00 bits per heavy atom. The van der Waals surface area contributed by atoms with E-state index in [9.17, 15) is 0 Å². The third kappa shape index (κ3) is 2.12. The number of thioether (sulfide) groups is 1.